The minimum Gasteiger partial charge on any atom is -0.312 e. The molecule has 16 heavy (non-hydrogen) atoms. The Bertz CT molecular complexity index is 326. The van der Waals surface area contributed by atoms with Crippen molar-refractivity contribution in [3.05, 3.63) is 35.4 Å². The zero-order valence-electron chi connectivity index (χ0n) is 9.31. The van der Waals surface area contributed by atoms with Crippen molar-refractivity contribution in [2.24, 2.45) is 5.92 Å². The largest absolute Gasteiger partial charge is 0.312 e. The fraction of sp³-hybridized carbons (Fsp3) is 0.538. The molecule has 1 aromatic rings. The van der Waals surface area contributed by atoms with E-state index < -0.39 is 11.6 Å². The van der Waals surface area contributed by atoms with E-state index in [9.17, 15) is 8.78 Å². The van der Waals surface area contributed by atoms with Crippen LogP contribution in [-0.2, 0) is 6.54 Å². The van der Waals surface area contributed by atoms with Crippen LogP contribution in [-0.4, -0.2) is 6.54 Å². The standard InChI is InChI=1S/C13H17F2N/c14-12-6-3-7-13(15)11(12)9-16-8-10-4-1-2-5-10/h3,6-7,10,16H,1-2,4-5,8-9H2. The summed E-state index contributed by atoms with van der Waals surface area (Å²) < 4.78 is 26.5. The Labute approximate surface area is 94.9 Å². The highest BCUT2D eigenvalue weighted by molar-refractivity contribution is 5.19. The highest BCUT2D eigenvalue weighted by Crippen LogP contribution is 2.23. The number of rotatable bonds is 4. The number of halogens is 2. The van der Waals surface area contributed by atoms with Crippen molar-refractivity contribution < 1.29 is 8.78 Å². The molecule has 2 rings (SSSR count). The SMILES string of the molecule is Fc1cccc(F)c1CNCC1CCCC1. The molecule has 0 saturated heterocycles. The predicted octanol–water partition coefficient (Wildman–Crippen LogP) is 3.24. The molecule has 1 aliphatic carbocycles. The summed E-state index contributed by atoms with van der Waals surface area (Å²) in [7, 11) is 0. The summed E-state index contributed by atoms with van der Waals surface area (Å²) in [4.78, 5) is 0. The van der Waals surface area contributed by atoms with Gasteiger partial charge < -0.3 is 5.32 Å². The van der Waals surface area contributed by atoms with Gasteiger partial charge in [-0.25, -0.2) is 8.78 Å². The zero-order valence-corrected chi connectivity index (χ0v) is 9.31. The average molecular weight is 225 g/mol. The summed E-state index contributed by atoms with van der Waals surface area (Å²) in [6.07, 6.45) is 5.07. The van der Waals surface area contributed by atoms with Crippen molar-refractivity contribution in [1.29, 1.82) is 0 Å². The molecule has 0 spiro atoms. The first-order chi connectivity index (χ1) is 7.77. The summed E-state index contributed by atoms with van der Waals surface area (Å²) in [6, 6.07) is 4.00. The van der Waals surface area contributed by atoms with Gasteiger partial charge in [-0.15, -0.1) is 0 Å². The fourth-order valence-electron chi connectivity index (χ4n) is 2.32. The van der Waals surface area contributed by atoms with E-state index in [0.29, 0.717) is 5.92 Å². The summed E-state index contributed by atoms with van der Waals surface area (Å²) in [5.41, 5.74) is 0.153. The van der Waals surface area contributed by atoms with Crippen LogP contribution >= 0.6 is 0 Å². The van der Waals surface area contributed by atoms with Crippen LogP contribution in [0.4, 0.5) is 8.78 Å². The summed E-state index contributed by atoms with van der Waals surface area (Å²) in [5, 5.41) is 3.15. The zero-order chi connectivity index (χ0) is 11.4. The van der Waals surface area contributed by atoms with Crippen LogP contribution < -0.4 is 5.32 Å². The molecule has 3 heteroatoms. The average Bonchev–Trinajstić information content (AvgIpc) is 2.75. The molecule has 1 N–H and O–H groups in total. The van der Waals surface area contributed by atoms with Gasteiger partial charge in [-0.2, -0.15) is 0 Å². The Balaban J connectivity index is 1.84. The summed E-state index contributed by atoms with van der Waals surface area (Å²) in [6.45, 7) is 1.16. The second kappa shape index (κ2) is 5.39. The number of nitrogens with one attached hydrogen (secondary N) is 1. The van der Waals surface area contributed by atoms with E-state index in [0.717, 1.165) is 6.54 Å². The molecule has 1 aromatic carbocycles. The van der Waals surface area contributed by atoms with Crippen molar-refractivity contribution >= 4 is 0 Å². The quantitative estimate of drug-likeness (QED) is 0.829. The van der Waals surface area contributed by atoms with Crippen molar-refractivity contribution in [1.82, 2.24) is 5.32 Å². The smallest absolute Gasteiger partial charge is 0.130 e. The van der Waals surface area contributed by atoms with E-state index >= 15 is 0 Å². The summed E-state index contributed by atoms with van der Waals surface area (Å²) >= 11 is 0. The molecular weight excluding hydrogens is 208 g/mol. The Kier molecular flexibility index (Phi) is 3.88. The van der Waals surface area contributed by atoms with Crippen molar-refractivity contribution in [2.45, 2.75) is 32.2 Å². The maximum Gasteiger partial charge on any atom is 0.130 e. The molecule has 88 valence electrons. The van der Waals surface area contributed by atoms with Crippen LogP contribution in [0, 0.1) is 17.6 Å². The topological polar surface area (TPSA) is 12.0 Å². The lowest BCUT2D eigenvalue weighted by atomic mass is 10.1. The minimum atomic E-state index is -0.459. The molecule has 1 fully saturated rings. The third kappa shape index (κ3) is 2.79. The maximum absolute atomic E-state index is 13.3. The first kappa shape index (κ1) is 11.5. The van der Waals surface area contributed by atoms with Gasteiger partial charge in [0.1, 0.15) is 11.6 Å². The van der Waals surface area contributed by atoms with Crippen LogP contribution in [0.5, 0.6) is 0 Å². The van der Waals surface area contributed by atoms with E-state index in [2.05, 4.69) is 5.32 Å². The van der Waals surface area contributed by atoms with E-state index in [4.69, 9.17) is 0 Å². The molecule has 0 amide bonds. The third-order valence-electron chi connectivity index (χ3n) is 3.27. The molecule has 1 aliphatic rings. The van der Waals surface area contributed by atoms with Crippen LogP contribution in [0.3, 0.4) is 0 Å². The van der Waals surface area contributed by atoms with Crippen molar-refractivity contribution in [3.8, 4) is 0 Å². The molecule has 0 radical (unpaired) electrons. The minimum absolute atomic E-state index is 0.153. The van der Waals surface area contributed by atoms with Gasteiger partial charge in [0.2, 0.25) is 0 Å². The molecule has 1 nitrogen and oxygen atoms in total. The molecule has 1 saturated carbocycles. The Morgan fingerprint density at radius 1 is 1.12 bits per heavy atom. The molecule has 0 unspecified atom stereocenters. The van der Waals surface area contributed by atoms with E-state index in [1.54, 1.807) is 0 Å². The molecule has 0 bridgehead atoms. The molecule has 0 aliphatic heterocycles. The molecular formula is C13H17F2N. The lowest BCUT2D eigenvalue weighted by molar-refractivity contribution is 0.472. The van der Waals surface area contributed by atoms with E-state index in [-0.39, 0.29) is 12.1 Å². The second-order valence-electron chi connectivity index (χ2n) is 4.48. The molecule has 0 heterocycles. The number of benzene rings is 1. The van der Waals surface area contributed by atoms with Gasteiger partial charge in [-0.3, -0.25) is 0 Å². The Morgan fingerprint density at radius 2 is 1.75 bits per heavy atom. The third-order valence-corrected chi connectivity index (χ3v) is 3.27. The van der Waals surface area contributed by atoms with E-state index in [1.807, 2.05) is 0 Å². The predicted molar refractivity (Wildman–Crippen MR) is 60.0 cm³/mol. The van der Waals surface area contributed by atoms with Crippen LogP contribution in [0.15, 0.2) is 18.2 Å². The van der Waals surface area contributed by atoms with Gasteiger partial charge in [-0.1, -0.05) is 18.9 Å². The van der Waals surface area contributed by atoms with Crippen LogP contribution in [0.1, 0.15) is 31.2 Å². The maximum atomic E-state index is 13.3. The Hall–Kier alpha value is -0.960. The van der Waals surface area contributed by atoms with Crippen molar-refractivity contribution in [3.63, 3.8) is 0 Å². The fourth-order valence-corrected chi connectivity index (χ4v) is 2.32. The number of hydrogen-bond acceptors (Lipinski definition) is 1. The summed E-state index contributed by atoms with van der Waals surface area (Å²) in [5.74, 6) is -0.229. The lowest BCUT2D eigenvalue weighted by Crippen LogP contribution is -2.21. The first-order valence-corrected chi connectivity index (χ1v) is 5.91. The lowest BCUT2D eigenvalue weighted by Gasteiger charge is -2.11. The van der Waals surface area contributed by atoms with Crippen LogP contribution in [0.2, 0.25) is 0 Å². The Morgan fingerprint density at radius 3 is 2.38 bits per heavy atom. The van der Waals surface area contributed by atoms with Crippen LogP contribution in [0.25, 0.3) is 0 Å². The first-order valence-electron chi connectivity index (χ1n) is 5.91. The van der Waals surface area contributed by atoms with Gasteiger partial charge >= 0.3 is 0 Å². The normalized spacial score (nSPS) is 16.9. The monoisotopic (exact) mass is 225 g/mol. The van der Waals surface area contributed by atoms with Gasteiger partial charge in [0, 0.05) is 12.1 Å². The van der Waals surface area contributed by atoms with Crippen molar-refractivity contribution in [2.75, 3.05) is 6.54 Å². The van der Waals surface area contributed by atoms with Gasteiger partial charge in [0.25, 0.3) is 0 Å². The highest BCUT2D eigenvalue weighted by Gasteiger charge is 2.15. The highest BCUT2D eigenvalue weighted by atomic mass is 19.1. The van der Waals surface area contributed by atoms with Gasteiger partial charge in [0.15, 0.2) is 0 Å². The second-order valence-corrected chi connectivity index (χ2v) is 4.48. The number of hydrogen-bond donors (Lipinski definition) is 1. The van der Waals surface area contributed by atoms with E-state index in [1.165, 1.54) is 43.9 Å². The molecule has 0 aromatic heterocycles. The molecule has 0 atom stereocenters. The van der Waals surface area contributed by atoms with Gasteiger partial charge in [0.05, 0.1) is 0 Å². The van der Waals surface area contributed by atoms with Gasteiger partial charge in [-0.05, 0) is 37.4 Å².